The molecule has 1 unspecified atom stereocenters. The molecule has 0 saturated carbocycles. The zero-order valence-electron chi connectivity index (χ0n) is 11.1. The van der Waals surface area contributed by atoms with Gasteiger partial charge in [0.05, 0.1) is 5.92 Å². The van der Waals surface area contributed by atoms with Crippen LogP contribution in [0, 0.1) is 12.7 Å². The average molecular weight is 262 g/mol. The van der Waals surface area contributed by atoms with E-state index in [9.17, 15) is 9.18 Å². The van der Waals surface area contributed by atoms with E-state index in [4.69, 9.17) is 4.52 Å². The van der Waals surface area contributed by atoms with E-state index in [1.165, 1.54) is 13.0 Å². The summed E-state index contributed by atoms with van der Waals surface area (Å²) in [6.45, 7) is 5.05. The van der Waals surface area contributed by atoms with Gasteiger partial charge in [-0.1, -0.05) is 24.2 Å². The monoisotopic (exact) mass is 262 g/mol. The topological polar surface area (TPSA) is 56.0 Å². The lowest BCUT2D eigenvalue weighted by molar-refractivity contribution is -0.119. The van der Waals surface area contributed by atoms with E-state index in [0.717, 1.165) is 0 Å². The van der Waals surface area contributed by atoms with E-state index < -0.39 is 5.92 Å². The molecule has 1 heterocycles. The van der Waals surface area contributed by atoms with E-state index in [1.54, 1.807) is 19.1 Å². The number of benzene rings is 1. The maximum absolute atomic E-state index is 13.5. The van der Waals surface area contributed by atoms with Crippen LogP contribution in [0.1, 0.15) is 37.6 Å². The summed E-state index contributed by atoms with van der Waals surface area (Å²) in [5.74, 6) is -0.147. The van der Waals surface area contributed by atoms with Crippen molar-refractivity contribution in [3.05, 3.63) is 35.5 Å². The van der Waals surface area contributed by atoms with E-state index >= 15 is 0 Å². The van der Waals surface area contributed by atoms with E-state index in [-0.39, 0.29) is 17.5 Å². The van der Waals surface area contributed by atoms with E-state index in [2.05, 4.69) is 10.1 Å². The minimum absolute atomic E-state index is 0.0206. The largest absolute Gasteiger partial charge is 0.338 e. The molecule has 0 spiro atoms. The van der Waals surface area contributed by atoms with Gasteiger partial charge in [-0.05, 0) is 31.9 Å². The number of halogens is 1. The van der Waals surface area contributed by atoms with Crippen molar-refractivity contribution >= 4 is 5.78 Å². The highest BCUT2D eigenvalue weighted by Gasteiger charge is 2.22. The SMILES string of the molecule is CCC(C(C)=O)c1nc(-c2ccc(C)c(F)c2)no1. The lowest BCUT2D eigenvalue weighted by atomic mass is 10.0. The van der Waals surface area contributed by atoms with E-state index in [0.29, 0.717) is 23.4 Å². The zero-order chi connectivity index (χ0) is 14.0. The Morgan fingerprint density at radius 3 is 2.79 bits per heavy atom. The zero-order valence-corrected chi connectivity index (χ0v) is 11.1. The Labute approximate surface area is 110 Å². The van der Waals surface area contributed by atoms with Gasteiger partial charge < -0.3 is 4.52 Å². The van der Waals surface area contributed by atoms with Crippen LogP contribution in [0.4, 0.5) is 4.39 Å². The van der Waals surface area contributed by atoms with Crippen LogP contribution in [0.2, 0.25) is 0 Å². The summed E-state index contributed by atoms with van der Waals surface area (Å²) in [6.07, 6.45) is 0.596. The summed E-state index contributed by atoms with van der Waals surface area (Å²) in [4.78, 5) is 15.6. The number of hydrogen-bond donors (Lipinski definition) is 0. The summed E-state index contributed by atoms with van der Waals surface area (Å²) >= 11 is 0. The fourth-order valence-corrected chi connectivity index (χ4v) is 1.86. The van der Waals surface area contributed by atoms with Crippen LogP contribution < -0.4 is 0 Å². The number of nitrogens with zero attached hydrogens (tertiary/aromatic N) is 2. The van der Waals surface area contributed by atoms with Crippen LogP contribution >= 0.6 is 0 Å². The first-order chi connectivity index (χ1) is 9.02. The van der Waals surface area contributed by atoms with Crippen molar-refractivity contribution in [2.75, 3.05) is 0 Å². The molecule has 0 aliphatic heterocycles. The van der Waals surface area contributed by atoms with Gasteiger partial charge in [0, 0.05) is 5.56 Å². The molecule has 19 heavy (non-hydrogen) atoms. The molecular formula is C14H15FN2O2. The quantitative estimate of drug-likeness (QED) is 0.848. The number of aromatic nitrogens is 2. The normalized spacial score (nSPS) is 12.4. The lowest BCUT2D eigenvalue weighted by Gasteiger charge is -2.03. The van der Waals surface area contributed by atoms with Crippen LogP contribution in [-0.2, 0) is 4.79 Å². The molecule has 1 aromatic carbocycles. The van der Waals surface area contributed by atoms with Gasteiger partial charge in [0.15, 0.2) is 0 Å². The molecule has 0 saturated heterocycles. The number of carbonyl (C=O) groups excluding carboxylic acids is 1. The molecule has 100 valence electrons. The molecule has 1 atom stereocenters. The number of hydrogen-bond acceptors (Lipinski definition) is 4. The highest BCUT2D eigenvalue weighted by Crippen LogP contribution is 2.23. The minimum atomic E-state index is -0.392. The maximum Gasteiger partial charge on any atom is 0.237 e. The Balaban J connectivity index is 2.35. The number of carbonyl (C=O) groups is 1. The molecule has 5 heteroatoms. The van der Waals surface area contributed by atoms with Crippen molar-refractivity contribution in [2.45, 2.75) is 33.1 Å². The van der Waals surface area contributed by atoms with Crippen LogP contribution in [0.3, 0.4) is 0 Å². The van der Waals surface area contributed by atoms with Gasteiger partial charge in [0.1, 0.15) is 11.6 Å². The van der Waals surface area contributed by atoms with Gasteiger partial charge in [-0.25, -0.2) is 4.39 Å². The number of ketones is 1. The molecule has 0 radical (unpaired) electrons. The van der Waals surface area contributed by atoms with Crippen molar-refractivity contribution in [3.63, 3.8) is 0 Å². The Hall–Kier alpha value is -2.04. The second-order valence-corrected chi connectivity index (χ2v) is 4.49. The Bertz CT molecular complexity index is 607. The molecule has 0 aliphatic carbocycles. The molecule has 1 aromatic heterocycles. The van der Waals surface area contributed by atoms with Crippen molar-refractivity contribution in [2.24, 2.45) is 0 Å². The first-order valence-corrected chi connectivity index (χ1v) is 6.13. The van der Waals surface area contributed by atoms with E-state index in [1.807, 2.05) is 6.92 Å². The number of aryl methyl sites for hydroxylation is 1. The standard InChI is InChI=1S/C14H15FN2O2/c1-4-11(9(3)18)14-16-13(17-19-14)10-6-5-8(2)12(15)7-10/h5-7,11H,4H2,1-3H3. The summed E-state index contributed by atoms with van der Waals surface area (Å²) in [5.41, 5.74) is 1.10. The first kappa shape index (κ1) is 13.4. The van der Waals surface area contributed by atoms with Crippen molar-refractivity contribution in [1.29, 1.82) is 0 Å². The number of rotatable bonds is 4. The second kappa shape index (κ2) is 5.30. The molecule has 0 aliphatic rings. The molecule has 2 rings (SSSR count). The average Bonchev–Trinajstić information content (AvgIpc) is 2.82. The number of Topliss-reactive ketones (excluding diaryl/α,β-unsaturated/α-hetero) is 1. The molecule has 0 fully saturated rings. The third-order valence-electron chi connectivity index (χ3n) is 3.07. The molecule has 4 nitrogen and oxygen atoms in total. The molecular weight excluding hydrogens is 247 g/mol. The summed E-state index contributed by atoms with van der Waals surface area (Å²) in [5, 5.41) is 3.80. The van der Waals surface area contributed by atoms with Crippen LogP contribution in [0.5, 0.6) is 0 Å². The van der Waals surface area contributed by atoms with Crippen molar-refractivity contribution < 1.29 is 13.7 Å². The van der Waals surface area contributed by atoms with Gasteiger partial charge in [-0.3, -0.25) is 4.79 Å². The maximum atomic E-state index is 13.5. The molecule has 0 amide bonds. The predicted molar refractivity (Wildman–Crippen MR) is 68.1 cm³/mol. The van der Waals surface area contributed by atoms with Gasteiger partial charge in [0.25, 0.3) is 0 Å². The molecule has 2 aromatic rings. The predicted octanol–water partition coefficient (Wildman–Crippen LogP) is 3.27. The van der Waals surface area contributed by atoms with Gasteiger partial charge >= 0.3 is 0 Å². The van der Waals surface area contributed by atoms with Crippen LogP contribution in [0.15, 0.2) is 22.7 Å². The van der Waals surface area contributed by atoms with Crippen LogP contribution in [-0.4, -0.2) is 15.9 Å². The lowest BCUT2D eigenvalue weighted by Crippen LogP contribution is -2.07. The fourth-order valence-electron chi connectivity index (χ4n) is 1.86. The second-order valence-electron chi connectivity index (χ2n) is 4.49. The molecule has 0 bridgehead atoms. The molecule has 0 N–H and O–H groups in total. The van der Waals surface area contributed by atoms with Gasteiger partial charge in [0.2, 0.25) is 11.7 Å². The highest BCUT2D eigenvalue weighted by atomic mass is 19.1. The Morgan fingerprint density at radius 2 is 2.21 bits per heavy atom. The fraction of sp³-hybridized carbons (Fsp3) is 0.357. The summed E-state index contributed by atoms with van der Waals surface area (Å²) < 4.78 is 18.6. The Kier molecular flexibility index (Phi) is 3.74. The third kappa shape index (κ3) is 2.70. The minimum Gasteiger partial charge on any atom is -0.338 e. The van der Waals surface area contributed by atoms with Gasteiger partial charge in [-0.15, -0.1) is 0 Å². The third-order valence-corrected chi connectivity index (χ3v) is 3.07. The first-order valence-electron chi connectivity index (χ1n) is 6.13. The smallest absolute Gasteiger partial charge is 0.237 e. The van der Waals surface area contributed by atoms with Crippen molar-refractivity contribution in [1.82, 2.24) is 10.1 Å². The summed E-state index contributed by atoms with van der Waals surface area (Å²) in [6, 6.07) is 4.74. The highest BCUT2D eigenvalue weighted by molar-refractivity contribution is 5.82. The van der Waals surface area contributed by atoms with Gasteiger partial charge in [-0.2, -0.15) is 4.98 Å². The summed E-state index contributed by atoms with van der Waals surface area (Å²) in [7, 11) is 0. The van der Waals surface area contributed by atoms with Crippen molar-refractivity contribution in [3.8, 4) is 11.4 Å². The van der Waals surface area contributed by atoms with Crippen LogP contribution in [0.25, 0.3) is 11.4 Å². The Morgan fingerprint density at radius 1 is 1.47 bits per heavy atom.